The number of ether oxygens (including phenoxy) is 3. The summed E-state index contributed by atoms with van der Waals surface area (Å²) < 4.78 is 46.0. The number of rotatable bonds is 26. The largest absolute Gasteiger partial charge is 0.491 e. The predicted octanol–water partition coefficient (Wildman–Crippen LogP) is 13.3. The summed E-state index contributed by atoms with van der Waals surface area (Å²) in [7, 11) is 0. The van der Waals surface area contributed by atoms with Crippen molar-refractivity contribution >= 4 is 11.9 Å². The first-order chi connectivity index (χ1) is 26.3. The maximum Gasteiger partial charge on any atom is 0.343 e. The number of benzene rings is 3. The fraction of sp³-hybridized carbons (Fsp3) is 0.532. The Balaban J connectivity index is 1.35. The molecular formula is C47H62F2O5. The van der Waals surface area contributed by atoms with Crippen molar-refractivity contribution in [2.24, 2.45) is 0 Å². The van der Waals surface area contributed by atoms with Gasteiger partial charge in [-0.1, -0.05) is 135 Å². The molecule has 0 fully saturated rings. The molecule has 0 amide bonds. The number of hydrogen-bond donors (Lipinski definition) is 0. The zero-order valence-electron chi connectivity index (χ0n) is 33.0. The van der Waals surface area contributed by atoms with E-state index < -0.39 is 17.6 Å². The third kappa shape index (κ3) is 17.8. The molecule has 0 saturated heterocycles. The molecule has 7 heteroatoms. The van der Waals surface area contributed by atoms with Crippen molar-refractivity contribution in [2.75, 3.05) is 6.61 Å². The van der Waals surface area contributed by atoms with Crippen molar-refractivity contribution < 1.29 is 32.6 Å². The summed E-state index contributed by atoms with van der Waals surface area (Å²) in [6, 6.07) is 14.6. The first-order valence-electron chi connectivity index (χ1n) is 20.6. The minimum absolute atomic E-state index is 0.0520. The van der Waals surface area contributed by atoms with Crippen molar-refractivity contribution in [1.82, 2.24) is 0 Å². The molecule has 0 heterocycles. The van der Waals surface area contributed by atoms with Crippen LogP contribution in [-0.4, -0.2) is 24.6 Å². The second-order valence-corrected chi connectivity index (χ2v) is 14.4. The summed E-state index contributed by atoms with van der Waals surface area (Å²) in [5.74, 6) is 2.91. The number of esters is 2. The van der Waals surface area contributed by atoms with Crippen LogP contribution < -0.4 is 9.47 Å². The van der Waals surface area contributed by atoms with Gasteiger partial charge in [-0.25, -0.2) is 18.4 Å². The average molecular weight is 745 g/mol. The highest BCUT2D eigenvalue weighted by Crippen LogP contribution is 2.23. The highest BCUT2D eigenvalue weighted by atomic mass is 19.1. The molecule has 294 valence electrons. The molecule has 3 aromatic rings. The van der Waals surface area contributed by atoms with E-state index >= 15 is 0 Å². The molecule has 0 bridgehead atoms. The smallest absolute Gasteiger partial charge is 0.343 e. The molecule has 0 aliphatic rings. The van der Waals surface area contributed by atoms with Crippen molar-refractivity contribution in [3.05, 3.63) is 94.6 Å². The van der Waals surface area contributed by atoms with Crippen molar-refractivity contribution in [1.29, 1.82) is 0 Å². The van der Waals surface area contributed by atoms with E-state index in [9.17, 15) is 18.4 Å². The summed E-state index contributed by atoms with van der Waals surface area (Å²) >= 11 is 0. The van der Waals surface area contributed by atoms with Crippen LogP contribution in [0.25, 0.3) is 0 Å². The Labute approximate surface area is 323 Å². The summed E-state index contributed by atoms with van der Waals surface area (Å²) in [6.45, 7) is 6.75. The van der Waals surface area contributed by atoms with Crippen LogP contribution in [0.15, 0.2) is 60.7 Å². The van der Waals surface area contributed by atoms with Crippen LogP contribution in [0.4, 0.5) is 8.78 Å². The Morgan fingerprint density at radius 2 is 1.04 bits per heavy atom. The minimum atomic E-state index is -0.884. The maximum absolute atomic E-state index is 14.9. The molecule has 54 heavy (non-hydrogen) atoms. The van der Waals surface area contributed by atoms with Crippen LogP contribution in [0, 0.1) is 23.5 Å². The molecule has 0 aliphatic heterocycles. The Kier molecular flexibility index (Phi) is 21.8. The quantitative estimate of drug-likeness (QED) is 0.0354. The first kappa shape index (κ1) is 44.2. The SMILES string of the molecule is CCCCCCCCCCCCCCCCOc1ccc(C(=O)Oc2ccc(C#Cc3ccc(C(=O)O[C@H](C)CCCCCCC)cc3)cc2F)cc1F. The van der Waals surface area contributed by atoms with Crippen LogP contribution in [0.5, 0.6) is 11.5 Å². The van der Waals surface area contributed by atoms with Gasteiger partial charge in [0.05, 0.1) is 23.8 Å². The molecular weight excluding hydrogens is 683 g/mol. The topological polar surface area (TPSA) is 61.8 Å². The second kappa shape index (κ2) is 26.6. The van der Waals surface area contributed by atoms with E-state index in [0.717, 1.165) is 44.6 Å². The molecule has 3 aromatic carbocycles. The van der Waals surface area contributed by atoms with E-state index in [2.05, 4.69) is 25.7 Å². The molecule has 5 nitrogen and oxygen atoms in total. The van der Waals surface area contributed by atoms with E-state index in [1.54, 1.807) is 24.3 Å². The van der Waals surface area contributed by atoms with E-state index in [0.29, 0.717) is 23.3 Å². The van der Waals surface area contributed by atoms with Gasteiger partial charge in [-0.3, -0.25) is 0 Å². The molecule has 0 unspecified atom stereocenters. The van der Waals surface area contributed by atoms with Crippen LogP contribution in [0.3, 0.4) is 0 Å². The number of carbonyl (C=O) groups is 2. The van der Waals surface area contributed by atoms with Gasteiger partial charge in [0.2, 0.25) is 0 Å². The van der Waals surface area contributed by atoms with Crippen molar-refractivity contribution in [3.8, 4) is 23.3 Å². The lowest BCUT2D eigenvalue weighted by Gasteiger charge is -2.13. The van der Waals surface area contributed by atoms with Crippen LogP contribution >= 0.6 is 0 Å². The van der Waals surface area contributed by atoms with Gasteiger partial charge in [0.15, 0.2) is 23.1 Å². The zero-order valence-corrected chi connectivity index (χ0v) is 33.0. The molecule has 0 aromatic heterocycles. The van der Waals surface area contributed by atoms with Crippen molar-refractivity contribution in [2.45, 2.75) is 155 Å². The Morgan fingerprint density at radius 3 is 1.61 bits per heavy atom. The Hall–Kier alpha value is -4.18. The van der Waals surface area contributed by atoms with Crippen LogP contribution in [0.2, 0.25) is 0 Å². The monoisotopic (exact) mass is 744 g/mol. The summed E-state index contributed by atoms with van der Waals surface area (Å²) in [4.78, 5) is 25.2. The molecule has 0 N–H and O–H groups in total. The average Bonchev–Trinajstić information content (AvgIpc) is 3.17. The number of carbonyl (C=O) groups excluding carboxylic acids is 2. The van der Waals surface area contributed by atoms with Gasteiger partial charge in [-0.2, -0.15) is 0 Å². The van der Waals surface area contributed by atoms with E-state index in [4.69, 9.17) is 14.2 Å². The normalized spacial score (nSPS) is 11.4. The number of halogens is 2. The van der Waals surface area contributed by atoms with Crippen LogP contribution in [0.1, 0.15) is 181 Å². The summed E-state index contributed by atoms with van der Waals surface area (Å²) in [6.07, 6.45) is 24.1. The lowest BCUT2D eigenvalue weighted by molar-refractivity contribution is 0.0319. The Bertz CT molecular complexity index is 1590. The van der Waals surface area contributed by atoms with Gasteiger partial charge in [-0.15, -0.1) is 0 Å². The lowest BCUT2D eigenvalue weighted by Crippen LogP contribution is -2.15. The van der Waals surface area contributed by atoms with E-state index in [1.165, 1.54) is 120 Å². The van der Waals surface area contributed by atoms with Gasteiger partial charge in [0.1, 0.15) is 0 Å². The number of unbranched alkanes of at least 4 members (excludes halogenated alkanes) is 17. The fourth-order valence-electron chi connectivity index (χ4n) is 6.22. The van der Waals surface area contributed by atoms with Gasteiger partial charge in [0, 0.05) is 11.1 Å². The summed E-state index contributed by atoms with van der Waals surface area (Å²) in [5.41, 5.74) is 1.40. The molecule has 0 aliphatic carbocycles. The predicted molar refractivity (Wildman–Crippen MR) is 214 cm³/mol. The van der Waals surface area contributed by atoms with E-state index in [-0.39, 0.29) is 29.1 Å². The van der Waals surface area contributed by atoms with Gasteiger partial charge in [-0.05, 0) is 86.8 Å². The maximum atomic E-state index is 14.9. The van der Waals surface area contributed by atoms with E-state index in [1.807, 2.05) is 6.92 Å². The highest BCUT2D eigenvalue weighted by Gasteiger charge is 2.16. The zero-order chi connectivity index (χ0) is 38.8. The second-order valence-electron chi connectivity index (χ2n) is 14.4. The van der Waals surface area contributed by atoms with Gasteiger partial charge in [0.25, 0.3) is 0 Å². The van der Waals surface area contributed by atoms with Crippen molar-refractivity contribution in [3.63, 3.8) is 0 Å². The standard InChI is InChI=1S/C47H62F2O5/c1-4-6-8-10-11-12-13-14-15-16-17-18-20-22-34-52-44-33-31-41(36-43(44)49)47(51)54-45-32-28-39(35-42(45)48)25-24-38-26-29-40(30-27-38)46(50)53-37(3)23-21-19-9-7-5-2/h26-33,35-37H,4-23,34H2,1-3H3/t37-/m1/s1. The molecule has 1 atom stereocenters. The van der Waals surface area contributed by atoms with Crippen LogP contribution in [-0.2, 0) is 4.74 Å². The molecule has 3 rings (SSSR count). The molecule has 0 saturated carbocycles. The highest BCUT2D eigenvalue weighted by molar-refractivity contribution is 5.91. The third-order valence-electron chi connectivity index (χ3n) is 9.55. The third-order valence-corrected chi connectivity index (χ3v) is 9.55. The van der Waals surface area contributed by atoms with Gasteiger partial charge >= 0.3 is 11.9 Å². The first-order valence-corrected chi connectivity index (χ1v) is 20.6. The number of hydrogen-bond acceptors (Lipinski definition) is 5. The van der Waals surface area contributed by atoms with Gasteiger partial charge < -0.3 is 14.2 Å². The Morgan fingerprint density at radius 1 is 0.556 bits per heavy atom. The fourth-order valence-corrected chi connectivity index (χ4v) is 6.22. The molecule has 0 spiro atoms. The minimum Gasteiger partial charge on any atom is -0.491 e. The lowest BCUT2D eigenvalue weighted by atomic mass is 10.0. The molecule has 0 radical (unpaired) electrons. The summed E-state index contributed by atoms with van der Waals surface area (Å²) in [5, 5.41) is 0.